The number of quaternary nitrogens is 1. The molecule has 2 heterocycles. The van der Waals surface area contributed by atoms with E-state index in [-0.39, 0.29) is 41.4 Å². The zero-order valence-corrected chi connectivity index (χ0v) is 14.0. The lowest BCUT2D eigenvalue weighted by molar-refractivity contribution is -0.375. The number of hydrogen-bond donors (Lipinski definition) is 2. The number of β-lactam (4-membered cyclic amide) rings is 1. The van der Waals surface area contributed by atoms with E-state index >= 15 is 0 Å². The van der Waals surface area contributed by atoms with Gasteiger partial charge in [0.2, 0.25) is 0 Å². The number of fused-ring (bicyclic) bond motifs is 1. The van der Waals surface area contributed by atoms with E-state index in [4.69, 9.17) is 4.74 Å². The lowest BCUT2D eigenvalue weighted by Gasteiger charge is -2.46. The Kier molecular flexibility index (Phi) is 5.66. The van der Waals surface area contributed by atoms with Gasteiger partial charge in [-0.1, -0.05) is 17.3 Å². The average Bonchev–Trinajstić information content (AvgIpc) is 2.35. The predicted molar refractivity (Wildman–Crippen MR) is 74.6 cm³/mol. The minimum absolute atomic E-state index is 0. The Morgan fingerprint density at radius 2 is 1.95 bits per heavy atom. The Hall–Kier alpha value is -1.51. The third-order valence-corrected chi connectivity index (χ3v) is 4.65. The van der Waals surface area contributed by atoms with Gasteiger partial charge >= 0.3 is 11.9 Å². The molecule has 4 N–H and O–H groups in total. The van der Waals surface area contributed by atoms with Crippen LogP contribution in [0.5, 0.6) is 0 Å². The Bertz CT molecular complexity index is 597. The van der Waals surface area contributed by atoms with Gasteiger partial charge in [-0.25, -0.2) is 4.79 Å². The number of halogens is 1. The molecule has 9 heteroatoms. The molecule has 7 nitrogen and oxygen atoms in total. The predicted octanol–water partition coefficient (Wildman–Crippen LogP) is -3.29. The number of carbonyl (C=O) groups is 3. The van der Waals surface area contributed by atoms with E-state index in [2.05, 4.69) is 5.73 Å². The van der Waals surface area contributed by atoms with E-state index in [1.165, 1.54) is 23.6 Å². The molecular weight excluding hydrogens is 332 g/mol. The number of ether oxygens (including phenoxy) is 1. The largest absolute Gasteiger partial charge is 1.00 e. The van der Waals surface area contributed by atoms with E-state index in [0.29, 0.717) is 11.1 Å². The number of carbonyl (C=O) groups excluding carboxylic acids is 2. The van der Waals surface area contributed by atoms with Crippen LogP contribution in [0.3, 0.4) is 0 Å². The zero-order valence-electron chi connectivity index (χ0n) is 12.4. The molecule has 0 aromatic carbocycles. The van der Waals surface area contributed by atoms with Gasteiger partial charge in [0.1, 0.15) is 17.7 Å². The summed E-state index contributed by atoms with van der Waals surface area (Å²) in [5.41, 5.74) is 5.64. The van der Waals surface area contributed by atoms with Gasteiger partial charge in [0.25, 0.3) is 5.91 Å². The maximum Gasteiger partial charge on any atom is 0.353 e. The highest BCUT2D eigenvalue weighted by molar-refractivity contribution is 8.00. The molecule has 0 saturated carbocycles. The van der Waals surface area contributed by atoms with Gasteiger partial charge in [0, 0.05) is 12.5 Å². The van der Waals surface area contributed by atoms with Gasteiger partial charge in [-0.15, -0.1) is 0 Å². The number of rotatable bonds is 3. The summed E-state index contributed by atoms with van der Waals surface area (Å²) in [4.78, 5) is 35.9. The number of allylic oxidation sites excluding steroid dienone is 1. The molecule has 0 spiro atoms. The molecule has 0 aromatic rings. The van der Waals surface area contributed by atoms with Crippen LogP contribution >= 0.6 is 11.8 Å². The molecule has 2 aliphatic rings. The van der Waals surface area contributed by atoms with Crippen molar-refractivity contribution in [2.45, 2.75) is 31.5 Å². The first kappa shape index (κ1) is 18.5. The van der Waals surface area contributed by atoms with Crippen LogP contribution in [0, 0.1) is 0 Å². The summed E-state index contributed by atoms with van der Waals surface area (Å²) < 4.78 is 4.89. The summed E-state index contributed by atoms with van der Waals surface area (Å²) in [6.07, 6.45) is 0. The average molecular weight is 349 g/mol. The van der Waals surface area contributed by atoms with Crippen molar-refractivity contribution < 1.29 is 42.4 Å². The number of carboxylic acids is 1. The second-order valence-electron chi connectivity index (χ2n) is 5.03. The topological polar surface area (TPSA) is 112 Å². The van der Waals surface area contributed by atoms with Crippen LogP contribution in [0.1, 0.15) is 20.8 Å². The molecule has 2 rings (SSSR count). The quantitative estimate of drug-likeness (QED) is 0.314. The van der Waals surface area contributed by atoms with Crippen molar-refractivity contribution >= 4 is 29.6 Å². The first-order chi connectivity index (χ1) is 9.75. The molecule has 22 heavy (non-hydrogen) atoms. The van der Waals surface area contributed by atoms with Crippen molar-refractivity contribution in [3.05, 3.63) is 22.4 Å². The van der Waals surface area contributed by atoms with Crippen molar-refractivity contribution in [3.8, 4) is 0 Å². The zero-order chi connectivity index (χ0) is 15.9. The van der Waals surface area contributed by atoms with Crippen molar-refractivity contribution in [2.24, 2.45) is 0 Å². The molecule has 1 saturated heterocycles. The Balaban J connectivity index is 0.00000242. The maximum absolute atomic E-state index is 12.2. The van der Waals surface area contributed by atoms with Gasteiger partial charge < -0.3 is 28.0 Å². The number of thioether (sulfide) groups is 1. The molecule has 1 amide bonds. The fraction of sp³-hybridized carbons (Fsp3) is 0.462. The summed E-state index contributed by atoms with van der Waals surface area (Å²) in [5, 5.41) is 8.70. The highest BCUT2D eigenvalue weighted by atomic mass is 35.5. The summed E-state index contributed by atoms with van der Waals surface area (Å²) in [5.74, 6) is -2.03. The molecule has 0 bridgehead atoms. The fourth-order valence-corrected chi connectivity index (χ4v) is 3.79. The van der Waals surface area contributed by atoms with Crippen molar-refractivity contribution in [1.29, 1.82) is 0 Å². The second kappa shape index (κ2) is 6.72. The van der Waals surface area contributed by atoms with Crippen LogP contribution in [0.15, 0.2) is 22.4 Å². The SMILES string of the molecule is CC(=O)OCC1=C(C(=O)O)N2C(=O)C(=C(C)C)[C@H]2SC1[NH3+].[Cl-]. The lowest BCUT2D eigenvalue weighted by atomic mass is 9.98. The molecule has 122 valence electrons. The van der Waals surface area contributed by atoms with E-state index in [1.54, 1.807) is 0 Å². The third-order valence-electron chi connectivity index (χ3n) is 3.33. The van der Waals surface area contributed by atoms with E-state index in [1.807, 2.05) is 13.8 Å². The number of amides is 1. The number of esters is 1. The van der Waals surface area contributed by atoms with Gasteiger partial charge in [0.15, 0.2) is 5.37 Å². The number of hydrogen-bond acceptors (Lipinski definition) is 5. The number of nitrogens with zero attached hydrogens (tertiary/aromatic N) is 1. The second-order valence-corrected chi connectivity index (χ2v) is 6.31. The summed E-state index contributed by atoms with van der Waals surface area (Å²) in [6, 6.07) is 0. The fourth-order valence-electron chi connectivity index (χ4n) is 2.34. The smallest absolute Gasteiger partial charge is 0.353 e. The van der Waals surface area contributed by atoms with Crippen LogP contribution in [-0.2, 0) is 19.1 Å². The Morgan fingerprint density at radius 3 is 2.41 bits per heavy atom. The lowest BCUT2D eigenvalue weighted by Crippen LogP contribution is -3.00. The van der Waals surface area contributed by atoms with Gasteiger partial charge in [0.05, 0.1) is 5.57 Å². The molecule has 2 aliphatic heterocycles. The van der Waals surface area contributed by atoms with Gasteiger partial charge in [-0.05, 0) is 13.8 Å². The maximum atomic E-state index is 12.2. The Morgan fingerprint density at radius 1 is 1.36 bits per heavy atom. The van der Waals surface area contributed by atoms with Gasteiger partial charge in [-0.3, -0.25) is 14.5 Å². The summed E-state index contributed by atoms with van der Waals surface area (Å²) in [6.45, 7) is 4.72. The minimum atomic E-state index is -1.21. The molecule has 1 fully saturated rings. The number of carboxylic acid groups (broad SMARTS) is 1. The molecular formula is C13H17ClN2O5S. The van der Waals surface area contributed by atoms with Crippen LogP contribution in [0.2, 0.25) is 0 Å². The highest BCUT2D eigenvalue weighted by Crippen LogP contribution is 2.45. The van der Waals surface area contributed by atoms with Crippen molar-refractivity contribution in [2.75, 3.05) is 6.61 Å². The van der Waals surface area contributed by atoms with E-state index in [9.17, 15) is 19.5 Å². The molecule has 1 unspecified atom stereocenters. The highest BCUT2D eigenvalue weighted by Gasteiger charge is 2.53. The van der Waals surface area contributed by atoms with Crippen LogP contribution in [0.4, 0.5) is 0 Å². The molecule has 2 atom stereocenters. The van der Waals surface area contributed by atoms with Crippen LogP contribution in [0.25, 0.3) is 0 Å². The van der Waals surface area contributed by atoms with Crippen LogP contribution < -0.4 is 18.1 Å². The molecule has 0 radical (unpaired) electrons. The monoisotopic (exact) mass is 348 g/mol. The molecule has 0 aromatic heterocycles. The normalized spacial score (nSPS) is 23.4. The van der Waals surface area contributed by atoms with E-state index < -0.39 is 11.9 Å². The third kappa shape index (κ3) is 2.99. The summed E-state index contributed by atoms with van der Waals surface area (Å²) in [7, 11) is 0. The Labute approximate surface area is 137 Å². The standard InChI is InChI=1S/C13H16N2O5S.ClH/c1-5(2)8-11(17)15-9(13(18)19)7(4-20-6(3)16)10(14)21-12(8)15;/h10,12H,4,14H2,1-3H3,(H,18,19);1H/t10?,12-;/m1./s1. The summed E-state index contributed by atoms with van der Waals surface area (Å²) >= 11 is 1.38. The van der Waals surface area contributed by atoms with Crippen LogP contribution in [-0.4, -0.2) is 45.2 Å². The van der Waals surface area contributed by atoms with Gasteiger partial charge in [-0.2, -0.15) is 0 Å². The first-order valence-electron chi connectivity index (χ1n) is 6.34. The first-order valence-corrected chi connectivity index (χ1v) is 7.29. The number of aliphatic carboxylic acids is 1. The van der Waals surface area contributed by atoms with Crippen molar-refractivity contribution in [3.63, 3.8) is 0 Å². The van der Waals surface area contributed by atoms with Crippen molar-refractivity contribution in [1.82, 2.24) is 4.90 Å². The minimum Gasteiger partial charge on any atom is -1.00 e. The molecule has 0 aliphatic carbocycles. The van der Waals surface area contributed by atoms with E-state index in [0.717, 1.165) is 5.57 Å².